The lowest BCUT2D eigenvalue weighted by Crippen LogP contribution is -2.27. The molecule has 0 saturated heterocycles. The molecule has 0 aliphatic heterocycles. The minimum atomic E-state index is -0.568. The van der Waals surface area contributed by atoms with E-state index in [9.17, 15) is 15.0 Å². The van der Waals surface area contributed by atoms with E-state index in [0.717, 1.165) is 17.5 Å². The fourth-order valence-electron chi connectivity index (χ4n) is 2.09. The molecule has 0 heterocycles. The maximum atomic E-state index is 11.8. The van der Waals surface area contributed by atoms with E-state index in [1.165, 1.54) is 6.07 Å². The van der Waals surface area contributed by atoms with E-state index in [4.69, 9.17) is 4.74 Å². The van der Waals surface area contributed by atoms with Crippen LogP contribution in [-0.4, -0.2) is 28.0 Å². The van der Waals surface area contributed by atoms with Gasteiger partial charge in [0.15, 0.2) is 0 Å². The highest BCUT2D eigenvalue weighted by Gasteiger charge is 2.17. The van der Waals surface area contributed by atoms with Crippen molar-refractivity contribution in [3.8, 4) is 5.75 Å². The van der Waals surface area contributed by atoms with Crippen molar-refractivity contribution in [1.29, 1.82) is 0 Å². The summed E-state index contributed by atoms with van der Waals surface area (Å²) < 4.78 is 5.20. The van der Waals surface area contributed by atoms with Crippen LogP contribution in [0.3, 0.4) is 0 Å². The zero-order chi connectivity index (χ0) is 16.9. The summed E-state index contributed by atoms with van der Waals surface area (Å²) in [6, 6.07) is 3.39. The standard InChI is InChI=1S/C17H27NO4/c1-11-9-13(8-6-7-12(2)19)15(20)10-14(11)18-16(21)22-17(3,4)5/h9-10,12,19-20H,6-8H2,1-5H3,(H,18,21)/t12-/m0/s1. The summed E-state index contributed by atoms with van der Waals surface area (Å²) in [6.45, 7) is 9.00. The molecule has 1 aromatic carbocycles. The number of hydrogen-bond acceptors (Lipinski definition) is 4. The van der Waals surface area contributed by atoms with Crippen LogP contribution in [0.1, 0.15) is 51.7 Å². The van der Waals surface area contributed by atoms with Crippen LogP contribution in [0.2, 0.25) is 0 Å². The van der Waals surface area contributed by atoms with Gasteiger partial charge in [0.2, 0.25) is 0 Å². The molecule has 0 bridgehead atoms. The Morgan fingerprint density at radius 2 is 2.00 bits per heavy atom. The molecule has 0 aliphatic rings. The van der Waals surface area contributed by atoms with Crippen molar-refractivity contribution >= 4 is 11.8 Å². The molecular formula is C17H27NO4. The van der Waals surface area contributed by atoms with Crippen molar-refractivity contribution < 1.29 is 19.7 Å². The normalized spacial score (nSPS) is 12.8. The molecule has 124 valence electrons. The minimum Gasteiger partial charge on any atom is -0.508 e. The second-order valence-corrected chi connectivity index (χ2v) is 6.66. The van der Waals surface area contributed by atoms with Gasteiger partial charge in [0.25, 0.3) is 0 Å². The second kappa shape index (κ2) is 7.49. The number of phenols is 1. The Kier molecular flexibility index (Phi) is 6.23. The van der Waals surface area contributed by atoms with Gasteiger partial charge in [-0.1, -0.05) is 6.07 Å². The summed E-state index contributed by atoms with van der Waals surface area (Å²) in [6.07, 6.45) is 1.29. The van der Waals surface area contributed by atoms with Gasteiger partial charge in [0.1, 0.15) is 11.4 Å². The molecule has 0 aliphatic carbocycles. The van der Waals surface area contributed by atoms with Gasteiger partial charge in [-0.15, -0.1) is 0 Å². The first-order valence-corrected chi connectivity index (χ1v) is 7.59. The summed E-state index contributed by atoms with van der Waals surface area (Å²) >= 11 is 0. The fourth-order valence-corrected chi connectivity index (χ4v) is 2.09. The van der Waals surface area contributed by atoms with Crippen molar-refractivity contribution in [2.24, 2.45) is 0 Å². The van der Waals surface area contributed by atoms with Crippen LogP contribution in [0.5, 0.6) is 5.75 Å². The van der Waals surface area contributed by atoms with Crippen LogP contribution >= 0.6 is 0 Å². The first-order valence-electron chi connectivity index (χ1n) is 7.59. The van der Waals surface area contributed by atoms with E-state index in [1.807, 2.05) is 13.0 Å². The number of ether oxygens (including phenoxy) is 1. The third-order valence-electron chi connectivity index (χ3n) is 3.13. The summed E-state index contributed by atoms with van der Waals surface area (Å²) in [5, 5.41) is 22.0. The first-order chi connectivity index (χ1) is 10.1. The Hall–Kier alpha value is -1.75. The highest BCUT2D eigenvalue weighted by atomic mass is 16.6. The molecule has 1 aromatic rings. The number of hydrogen-bond donors (Lipinski definition) is 3. The van der Waals surface area contributed by atoms with Gasteiger partial charge in [-0.3, -0.25) is 5.32 Å². The number of benzene rings is 1. The van der Waals surface area contributed by atoms with Crippen LogP contribution in [0, 0.1) is 6.92 Å². The van der Waals surface area contributed by atoms with Crippen LogP contribution in [-0.2, 0) is 11.2 Å². The number of aryl methyl sites for hydroxylation is 2. The number of aliphatic hydroxyl groups excluding tert-OH is 1. The van der Waals surface area contributed by atoms with Gasteiger partial charge in [-0.2, -0.15) is 0 Å². The Labute approximate surface area is 132 Å². The van der Waals surface area contributed by atoms with Crippen molar-refractivity contribution in [3.05, 3.63) is 23.3 Å². The summed E-state index contributed by atoms with van der Waals surface area (Å²) in [7, 11) is 0. The van der Waals surface area contributed by atoms with E-state index in [0.29, 0.717) is 18.5 Å². The maximum Gasteiger partial charge on any atom is 0.412 e. The highest BCUT2D eigenvalue weighted by Crippen LogP contribution is 2.28. The molecular weight excluding hydrogens is 282 g/mol. The van der Waals surface area contributed by atoms with Crippen LogP contribution < -0.4 is 5.32 Å². The first kappa shape index (κ1) is 18.3. The van der Waals surface area contributed by atoms with Crippen molar-refractivity contribution in [2.45, 2.75) is 65.6 Å². The Bertz CT molecular complexity index is 518. The maximum absolute atomic E-state index is 11.8. The molecule has 0 unspecified atom stereocenters. The largest absolute Gasteiger partial charge is 0.508 e. The molecule has 0 radical (unpaired) electrons. The average molecular weight is 309 g/mol. The monoisotopic (exact) mass is 309 g/mol. The number of rotatable bonds is 5. The summed E-state index contributed by atoms with van der Waals surface area (Å²) in [5.41, 5.74) is 1.63. The zero-order valence-corrected chi connectivity index (χ0v) is 14.1. The number of amides is 1. The Balaban J connectivity index is 2.75. The molecule has 3 N–H and O–H groups in total. The van der Waals surface area contributed by atoms with E-state index in [-0.39, 0.29) is 11.9 Å². The van der Waals surface area contributed by atoms with E-state index in [1.54, 1.807) is 27.7 Å². The lowest BCUT2D eigenvalue weighted by atomic mass is 10.0. The third-order valence-corrected chi connectivity index (χ3v) is 3.13. The number of aromatic hydroxyl groups is 1. The van der Waals surface area contributed by atoms with Crippen LogP contribution in [0.4, 0.5) is 10.5 Å². The lowest BCUT2D eigenvalue weighted by Gasteiger charge is -2.20. The molecule has 5 heteroatoms. The number of phenolic OH excluding ortho intramolecular Hbond substituents is 1. The molecule has 0 saturated carbocycles. The van der Waals surface area contributed by atoms with Gasteiger partial charge in [-0.05, 0) is 65.0 Å². The van der Waals surface area contributed by atoms with Crippen LogP contribution in [0.15, 0.2) is 12.1 Å². The summed E-state index contributed by atoms with van der Waals surface area (Å²) in [5.74, 6) is 0.141. The van der Waals surface area contributed by atoms with Gasteiger partial charge < -0.3 is 14.9 Å². The third kappa shape index (κ3) is 6.35. The predicted octanol–water partition coefficient (Wildman–Crippen LogP) is 3.75. The van der Waals surface area contributed by atoms with Gasteiger partial charge in [0.05, 0.1) is 11.8 Å². The van der Waals surface area contributed by atoms with Crippen LogP contribution in [0.25, 0.3) is 0 Å². The number of anilines is 1. The van der Waals surface area contributed by atoms with E-state index < -0.39 is 11.7 Å². The van der Waals surface area contributed by atoms with Crippen molar-refractivity contribution in [1.82, 2.24) is 0 Å². The Morgan fingerprint density at radius 3 is 2.55 bits per heavy atom. The molecule has 1 amide bonds. The van der Waals surface area contributed by atoms with Crippen molar-refractivity contribution in [3.63, 3.8) is 0 Å². The second-order valence-electron chi connectivity index (χ2n) is 6.66. The number of aliphatic hydroxyl groups is 1. The topological polar surface area (TPSA) is 78.8 Å². The average Bonchev–Trinajstić information content (AvgIpc) is 2.32. The number of nitrogens with one attached hydrogen (secondary N) is 1. The molecule has 0 fully saturated rings. The fraction of sp³-hybridized carbons (Fsp3) is 0.588. The van der Waals surface area contributed by atoms with Gasteiger partial charge >= 0.3 is 6.09 Å². The molecule has 0 spiro atoms. The van der Waals surface area contributed by atoms with Crippen molar-refractivity contribution in [2.75, 3.05) is 5.32 Å². The smallest absolute Gasteiger partial charge is 0.412 e. The molecule has 5 nitrogen and oxygen atoms in total. The lowest BCUT2D eigenvalue weighted by molar-refractivity contribution is 0.0636. The molecule has 0 aromatic heterocycles. The van der Waals surface area contributed by atoms with Gasteiger partial charge in [0, 0.05) is 6.07 Å². The van der Waals surface area contributed by atoms with E-state index >= 15 is 0 Å². The minimum absolute atomic E-state index is 0.141. The SMILES string of the molecule is Cc1cc(CCC[C@H](C)O)c(O)cc1NC(=O)OC(C)(C)C. The zero-order valence-electron chi connectivity index (χ0n) is 14.1. The Morgan fingerprint density at radius 1 is 1.36 bits per heavy atom. The number of carbonyl (C=O) groups is 1. The molecule has 22 heavy (non-hydrogen) atoms. The molecule has 1 atom stereocenters. The number of carbonyl (C=O) groups excluding carboxylic acids is 1. The quantitative estimate of drug-likeness (QED) is 0.774. The van der Waals surface area contributed by atoms with E-state index in [2.05, 4.69) is 5.32 Å². The predicted molar refractivity (Wildman–Crippen MR) is 87.3 cm³/mol. The summed E-state index contributed by atoms with van der Waals surface area (Å²) in [4.78, 5) is 11.8. The molecule has 1 rings (SSSR count). The van der Waals surface area contributed by atoms with Gasteiger partial charge in [-0.25, -0.2) is 4.79 Å². The highest BCUT2D eigenvalue weighted by molar-refractivity contribution is 5.86.